The van der Waals surface area contributed by atoms with Gasteiger partial charge in [0.05, 0.1) is 12.1 Å². The van der Waals surface area contributed by atoms with Gasteiger partial charge in [-0.3, -0.25) is 14.3 Å². The van der Waals surface area contributed by atoms with Crippen LogP contribution >= 0.6 is 0 Å². The highest BCUT2D eigenvalue weighted by Crippen LogP contribution is 2.40. The first-order chi connectivity index (χ1) is 11.5. The molecule has 24 heavy (non-hydrogen) atoms. The van der Waals surface area contributed by atoms with Crippen LogP contribution in [-0.2, 0) is 16.6 Å². The molecule has 1 heterocycles. The summed E-state index contributed by atoms with van der Waals surface area (Å²) >= 11 is 0. The van der Waals surface area contributed by atoms with E-state index in [0.29, 0.717) is 11.7 Å². The van der Waals surface area contributed by atoms with Crippen molar-refractivity contribution in [3.05, 3.63) is 47.7 Å². The third-order valence-corrected chi connectivity index (χ3v) is 4.29. The van der Waals surface area contributed by atoms with Gasteiger partial charge in [-0.05, 0) is 18.4 Å². The predicted octanol–water partition coefficient (Wildman–Crippen LogP) is 2.88. The first-order valence-electron chi connectivity index (χ1n) is 8.13. The van der Waals surface area contributed by atoms with Crippen molar-refractivity contribution < 1.29 is 14.7 Å². The smallest absolute Gasteiger partial charge is 0.303 e. The van der Waals surface area contributed by atoms with Crippen molar-refractivity contribution in [2.24, 2.45) is 7.05 Å². The molecular weight excluding hydrogens is 306 g/mol. The topological polar surface area (TPSA) is 84.2 Å². The summed E-state index contributed by atoms with van der Waals surface area (Å²) in [4.78, 5) is 23.5. The average molecular weight is 327 g/mol. The maximum Gasteiger partial charge on any atom is 0.303 e. The second-order valence-electron chi connectivity index (χ2n) is 6.31. The minimum atomic E-state index is -0.909. The molecule has 2 N–H and O–H groups in total. The summed E-state index contributed by atoms with van der Waals surface area (Å²) in [6.07, 6.45) is 2.36. The molecule has 0 unspecified atom stereocenters. The number of rotatable bonds is 7. The minimum absolute atomic E-state index is 0.0733. The van der Waals surface area contributed by atoms with Crippen LogP contribution in [0.3, 0.4) is 0 Å². The number of carbonyl (C=O) groups is 2. The molecule has 2 aromatic rings. The molecule has 3 rings (SSSR count). The number of carboxylic acids is 1. The molecule has 126 valence electrons. The maximum atomic E-state index is 12.4. The number of aromatic nitrogens is 2. The SMILES string of the molecule is Cn1nc(C2CC2)cc1NC(=O)C[C@H](CC(=O)O)c1ccccc1. The summed E-state index contributed by atoms with van der Waals surface area (Å²) in [5.41, 5.74) is 1.87. The largest absolute Gasteiger partial charge is 0.481 e. The molecule has 1 aromatic heterocycles. The van der Waals surface area contributed by atoms with Gasteiger partial charge < -0.3 is 10.4 Å². The Morgan fingerprint density at radius 1 is 1.29 bits per heavy atom. The summed E-state index contributed by atoms with van der Waals surface area (Å²) in [5, 5.41) is 16.4. The molecule has 1 amide bonds. The Labute approximate surface area is 140 Å². The van der Waals surface area contributed by atoms with E-state index in [-0.39, 0.29) is 24.7 Å². The quantitative estimate of drug-likeness (QED) is 0.819. The van der Waals surface area contributed by atoms with Crippen molar-refractivity contribution in [2.45, 2.75) is 37.5 Å². The third kappa shape index (κ3) is 4.01. The van der Waals surface area contributed by atoms with Gasteiger partial charge in [-0.15, -0.1) is 0 Å². The Hall–Kier alpha value is -2.63. The number of aryl methyl sites for hydroxylation is 1. The fourth-order valence-electron chi connectivity index (χ4n) is 2.85. The van der Waals surface area contributed by atoms with E-state index in [1.54, 1.807) is 11.7 Å². The van der Waals surface area contributed by atoms with Crippen molar-refractivity contribution in [3.8, 4) is 0 Å². The van der Waals surface area contributed by atoms with Crippen LogP contribution in [0.15, 0.2) is 36.4 Å². The van der Waals surface area contributed by atoms with Crippen molar-refractivity contribution in [2.75, 3.05) is 5.32 Å². The fraction of sp³-hybridized carbons (Fsp3) is 0.389. The lowest BCUT2D eigenvalue weighted by molar-refractivity contribution is -0.137. The van der Waals surface area contributed by atoms with Crippen LogP contribution in [0.1, 0.15) is 48.8 Å². The lowest BCUT2D eigenvalue weighted by Gasteiger charge is -2.15. The van der Waals surface area contributed by atoms with E-state index in [2.05, 4.69) is 10.4 Å². The third-order valence-electron chi connectivity index (χ3n) is 4.29. The van der Waals surface area contributed by atoms with Crippen LogP contribution in [0, 0.1) is 0 Å². The summed E-state index contributed by atoms with van der Waals surface area (Å²) in [7, 11) is 1.80. The average Bonchev–Trinajstić information content (AvgIpc) is 3.33. The summed E-state index contributed by atoms with van der Waals surface area (Å²) < 4.78 is 1.67. The molecule has 0 spiro atoms. The second-order valence-corrected chi connectivity index (χ2v) is 6.31. The lowest BCUT2D eigenvalue weighted by Crippen LogP contribution is -2.19. The van der Waals surface area contributed by atoms with Crippen molar-refractivity contribution >= 4 is 17.7 Å². The highest BCUT2D eigenvalue weighted by atomic mass is 16.4. The Morgan fingerprint density at radius 3 is 2.62 bits per heavy atom. The van der Waals surface area contributed by atoms with Gasteiger partial charge in [-0.25, -0.2) is 0 Å². The van der Waals surface area contributed by atoms with Crippen LogP contribution in [-0.4, -0.2) is 26.8 Å². The molecule has 1 aliphatic rings. The molecule has 0 aliphatic heterocycles. The number of aliphatic carboxylic acids is 1. The number of nitrogens with zero attached hydrogens (tertiary/aromatic N) is 2. The molecule has 1 saturated carbocycles. The van der Waals surface area contributed by atoms with Gasteiger partial charge in [0.25, 0.3) is 0 Å². The van der Waals surface area contributed by atoms with Gasteiger partial charge >= 0.3 is 5.97 Å². The number of hydrogen-bond acceptors (Lipinski definition) is 3. The van der Waals surface area contributed by atoms with E-state index in [1.807, 2.05) is 36.4 Å². The molecule has 1 aliphatic carbocycles. The summed E-state index contributed by atoms with van der Waals surface area (Å²) in [6, 6.07) is 11.2. The van der Waals surface area contributed by atoms with E-state index in [1.165, 1.54) is 0 Å². The Balaban J connectivity index is 1.68. The molecule has 1 aromatic carbocycles. The number of hydrogen-bond donors (Lipinski definition) is 2. The number of nitrogens with one attached hydrogen (secondary N) is 1. The van der Waals surface area contributed by atoms with Gasteiger partial charge in [0.1, 0.15) is 5.82 Å². The molecule has 6 heteroatoms. The summed E-state index contributed by atoms with van der Waals surface area (Å²) in [5.74, 6) is -0.279. The van der Waals surface area contributed by atoms with Crippen molar-refractivity contribution in [3.63, 3.8) is 0 Å². The zero-order chi connectivity index (χ0) is 17.1. The Morgan fingerprint density at radius 2 is 2.00 bits per heavy atom. The van der Waals surface area contributed by atoms with Crippen LogP contribution in [0.4, 0.5) is 5.82 Å². The number of anilines is 1. The van der Waals surface area contributed by atoms with Gasteiger partial charge in [0.15, 0.2) is 0 Å². The van der Waals surface area contributed by atoms with Gasteiger partial charge in [-0.2, -0.15) is 5.10 Å². The zero-order valence-electron chi connectivity index (χ0n) is 13.6. The first-order valence-corrected chi connectivity index (χ1v) is 8.13. The lowest BCUT2D eigenvalue weighted by atomic mass is 9.92. The molecule has 0 saturated heterocycles. The molecule has 6 nitrogen and oxygen atoms in total. The molecular formula is C18H21N3O3. The zero-order valence-corrected chi connectivity index (χ0v) is 13.6. The standard InChI is InChI=1S/C18H21N3O3/c1-21-16(11-15(20-21)13-7-8-13)19-17(22)9-14(10-18(23)24)12-5-3-2-4-6-12/h2-6,11,13-14H,7-10H2,1H3,(H,19,22)(H,23,24)/t14-/m1/s1. The van der Waals surface area contributed by atoms with Gasteiger partial charge in [-0.1, -0.05) is 30.3 Å². The van der Waals surface area contributed by atoms with Gasteiger partial charge in [0.2, 0.25) is 5.91 Å². The fourth-order valence-corrected chi connectivity index (χ4v) is 2.85. The number of amides is 1. The van der Waals surface area contributed by atoms with Crippen LogP contribution in [0.25, 0.3) is 0 Å². The monoisotopic (exact) mass is 327 g/mol. The molecule has 1 fully saturated rings. The van der Waals surface area contributed by atoms with Crippen molar-refractivity contribution in [1.82, 2.24) is 9.78 Å². The molecule has 0 bridgehead atoms. The maximum absolute atomic E-state index is 12.4. The van der Waals surface area contributed by atoms with E-state index in [4.69, 9.17) is 5.11 Å². The number of carbonyl (C=O) groups excluding carboxylic acids is 1. The molecule has 0 radical (unpaired) electrons. The normalized spacial score (nSPS) is 15.0. The minimum Gasteiger partial charge on any atom is -0.481 e. The van der Waals surface area contributed by atoms with E-state index < -0.39 is 5.97 Å². The van der Waals surface area contributed by atoms with Gasteiger partial charge in [0, 0.05) is 31.4 Å². The number of benzene rings is 1. The molecule has 1 atom stereocenters. The number of carboxylic acid groups (broad SMARTS) is 1. The highest BCUT2D eigenvalue weighted by molar-refractivity contribution is 5.90. The van der Waals surface area contributed by atoms with Crippen molar-refractivity contribution in [1.29, 1.82) is 0 Å². The Kier molecular flexibility index (Phi) is 4.64. The Bertz CT molecular complexity index is 735. The van der Waals surface area contributed by atoms with Crippen LogP contribution in [0.5, 0.6) is 0 Å². The first kappa shape index (κ1) is 16.2. The van der Waals surface area contributed by atoms with E-state index >= 15 is 0 Å². The highest BCUT2D eigenvalue weighted by Gasteiger charge is 2.27. The van der Waals surface area contributed by atoms with Crippen LogP contribution < -0.4 is 5.32 Å². The van der Waals surface area contributed by atoms with E-state index in [9.17, 15) is 9.59 Å². The van der Waals surface area contributed by atoms with E-state index in [0.717, 1.165) is 24.1 Å². The predicted molar refractivity (Wildman–Crippen MR) is 89.9 cm³/mol. The summed E-state index contributed by atoms with van der Waals surface area (Å²) in [6.45, 7) is 0. The van der Waals surface area contributed by atoms with Crippen LogP contribution in [0.2, 0.25) is 0 Å². The second kappa shape index (κ2) is 6.86.